The minimum atomic E-state index is -5.13. The first-order valence-electron chi connectivity index (χ1n) is 12.1. The molecule has 1 aliphatic rings. The van der Waals surface area contributed by atoms with Gasteiger partial charge in [-0.25, -0.2) is 9.37 Å². The lowest BCUT2D eigenvalue weighted by Gasteiger charge is -2.15. The van der Waals surface area contributed by atoms with Crippen molar-refractivity contribution in [3.8, 4) is 16.8 Å². The van der Waals surface area contributed by atoms with Crippen LogP contribution in [0.2, 0.25) is 0 Å². The van der Waals surface area contributed by atoms with E-state index in [2.05, 4.69) is 11.6 Å². The zero-order chi connectivity index (χ0) is 27.9. The Hall–Kier alpha value is -4.47. The summed E-state index contributed by atoms with van der Waals surface area (Å²) in [6.45, 7) is 2.30. The van der Waals surface area contributed by atoms with Gasteiger partial charge in [0, 0.05) is 24.0 Å². The predicted octanol–water partition coefficient (Wildman–Crippen LogP) is 5.86. The second-order valence-corrected chi connectivity index (χ2v) is 9.45. The van der Waals surface area contributed by atoms with Crippen molar-refractivity contribution < 1.29 is 27.5 Å². The number of benzene rings is 2. The number of rotatable bonds is 7. The summed E-state index contributed by atoms with van der Waals surface area (Å²) in [5.74, 6) is -0.607. The lowest BCUT2D eigenvalue weighted by atomic mass is 10.0. The van der Waals surface area contributed by atoms with Gasteiger partial charge in [0.25, 0.3) is 5.91 Å². The highest BCUT2D eigenvalue weighted by Gasteiger charge is 2.41. The van der Waals surface area contributed by atoms with Gasteiger partial charge in [-0.1, -0.05) is 43.0 Å². The van der Waals surface area contributed by atoms with Gasteiger partial charge in [0.1, 0.15) is 11.2 Å². The standard InChI is InChI=1S/C29H23F4N3O3/c1-16(37)22-13-23(22)18-9-7-17(8-10-18)19-4-2-5-20(12-19)36-15-24(26(38)21-6-3-11-34-27(21)36)28(39)35-14-25(30)29(31,32)33/h2-12,15,22-23,25,37H,1,13-14H2,(H,35,39). The molecule has 0 saturated heterocycles. The summed E-state index contributed by atoms with van der Waals surface area (Å²) in [6, 6.07) is 18.1. The molecule has 5 rings (SSSR count). The first-order valence-corrected chi connectivity index (χ1v) is 12.1. The van der Waals surface area contributed by atoms with E-state index in [1.165, 1.54) is 29.1 Å². The maximum Gasteiger partial charge on any atom is 0.421 e. The molecular formula is C29H23F4N3O3. The monoisotopic (exact) mass is 537 g/mol. The first-order chi connectivity index (χ1) is 18.5. The molecule has 0 spiro atoms. The molecule has 1 aliphatic carbocycles. The molecule has 39 heavy (non-hydrogen) atoms. The summed E-state index contributed by atoms with van der Waals surface area (Å²) < 4.78 is 52.5. The predicted molar refractivity (Wildman–Crippen MR) is 139 cm³/mol. The number of aliphatic hydroxyl groups is 1. The minimum absolute atomic E-state index is 0.0796. The van der Waals surface area contributed by atoms with Gasteiger partial charge >= 0.3 is 6.18 Å². The molecule has 4 aromatic rings. The van der Waals surface area contributed by atoms with E-state index >= 15 is 0 Å². The number of aromatic nitrogens is 2. The van der Waals surface area contributed by atoms with Crippen molar-refractivity contribution in [3.05, 3.63) is 107 Å². The van der Waals surface area contributed by atoms with Gasteiger partial charge in [-0.3, -0.25) is 9.59 Å². The smallest absolute Gasteiger partial charge is 0.421 e. The molecule has 1 amide bonds. The number of halogens is 4. The van der Waals surface area contributed by atoms with Crippen LogP contribution in [0.15, 0.2) is 90.2 Å². The van der Waals surface area contributed by atoms with E-state index in [1.807, 2.05) is 41.7 Å². The fraction of sp³-hybridized carbons (Fsp3) is 0.207. The Morgan fingerprint density at radius 2 is 1.87 bits per heavy atom. The molecule has 3 unspecified atom stereocenters. The lowest BCUT2D eigenvalue weighted by molar-refractivity contribution is -0.178. The van der Waals surface area contributed by atoms with E-state index in [9.17, 15) is 32.3 Å². The number of hydrogen-bond acceptors (Lipinski definition) is 4. The summed E-state index contributed by atoms with van der Waals surface area (Å²) >= 11 is 0. The van der Waals surface area contributed by atoms with E-state index in [-0.39, 0.29) is 28.6 Å². The SMILES string of the molecule is C=C(O)C1CC1c1ccc(-c2cccc(-n3cc(C(=O)NCC(F)C(F)(F)F)c(=O)c4cccnc43)c2)cc1. The van der Waals surface area contributed by atoms with Gasteiger partial charge in [0.2, 0.25) is 11.6 Å². The van der Waals surface area contributed by atoms with Crippen LogP contribution in [0, 0.1) is 5.92 Å². The van der Waals surface area contributed by atoms with Crippen LogP contribution in [0.3, 0.4) is 0 Å². The van der Waals surface area contributed by atoms with E-state index in [0.717, 1.165) is 23.1 Å². The second-order valence-electron chi connectivity index (χ2n) is 9.45. The van der Waals surface area contributed by atoms with E-state index in [1.54, 1.807) is 12.1 Å². The van der Waals surface area contributed by atoms with Crippen LogP contribution in [0.1, 0.15) is 28.3 Å². The zero-order valence-corrected chi connectivity index (χ0v) is 20.5. The second kappa shape index (κ2) is 10.0. The Labute approximate surface area is 220 Å². The van der Waals surface area contributed by atoms with E-state index in [0.29, 0.717) is 5.69 Å². The Balaban J connectivity index is 1.49. The van der Waals surface area contributed by atoms with Crippen LogP contribution in [0.5, 0.6) is 0 Å². The van der Waals surface area contributed by atoms with Crippen LogP contribution in [0.4, 0.5) is 17.6 Å². The normalized spacial score (nSPS) is 17.5. The molecular weight excluding hydrogens is 514 g/mol. The fourth-order valence-electron chi connectivity index (χ4n) is 4.60. The average molecular weight is 538 g/mol. The minimum Gasteiger partial charge on any atom is -0.513 e. The molecule has 1 saturated carbocycles. The number of nitrogens with one attached hydrogen (secondary N) is 1. The van der Waals surface area contributed by atoms with Crippen LogP contribution in [0.25, 0.3) is 27.8 Å². The maximum absolute atomic E-state index is 13.4. The van der Waals surface area contributed by atoms with E-state index in [4.69, 9.17) is 0 Å². The molecule has 0 aliphatic heterocycles. The number of aliphatic hydroxyl groups excluding tert-OH is 1. The number of alkyl halides is 4. The van der Waals surface area contributed by atoms with Crippen molar-refractivity contribution in [1.29, 1.82) is 0 Å². The highest BCUT2D eigenvalue weighted by Crippen LogP contribution is 2.50. The summed E-state index contributed by atoms with van der Waals surface area (Å²) in [5, 5.41) is 11.6. The van der Waals surface area contributed by atoms with E-state index < -0.39 is 35.8 Å². The van der Waals surface area contributed by atoms with Crippen molar-refractivity contribution in [2.75, 3.05) is 6.54 Å². The van der Waals surface area contributed by atoms with Crippen molar-refractivity contribution in [1.82, 2.24) is 14.9 Å². The molecule has 10 heteroatoms. The Kier molecular flexibility index (Phi) is 6.71. The fourth-order valence-corrected chi connectivity index (χ4v) is 4.60. The summed E-state index contributed by atoms with van der Waals surface area (Å²) in [4.78, 5) is 29.9. The first kappa shape index (κ1) is 26.1. The Morgan fingerprint density at radius 3 is 2.54 bits per heavy atom. The highest BCUT2D eigenvalue weighted by molar-refractivity contribution is 5.97. The molecule has 200 valence electrons. The number of hydrogen-bond donors (Lipinski definition) is 2. The number of pyridine rings is 2. The quantitative estimate of drug-likeness (QED) is 0.229. The molecule has 0 bridgehead atoms. The Morgan fingerprint density at radius 1 is 1.13 bits per heavy atom. The molecule has 2 heterocycles. The van der Waals surface area contributed by atoms with Gasteiger partial charge in [0.05, 0.1) is 17.7 Å². The molecule has 2 N–H and O–H groups in total. The number of amides is 1. The molecule has 6 nitrogen and oxygen atoms in total. The summed E-state index contributed by atoms with van der Waals surface area (Å²) in [7, 11) is 0. The number of carbonyl (C=O) groups is 1. The number of fused-ring (bicyclic) bond motifs is 1. The third-order valence-corrected chi connectivity index (χ3v) is 6.82. The highest BCUT2D eigenvalue weighted by atomic mass is 19.4. The third-order valence-electron chi connectivity index (χ3n) is 6.82. The topological polar surface area (TPSA) is 84.2 Å². The average Bonchev–Trinajstić information content (AvgIpc) is 3.73. The van der Waals surface area contributed by atoms with Gasteiger partial charge in [-0.05, 0) is 53.3 Å². The Bertz CT molecular complexity index is 1630. The van der Waals surface area contributed by atoms with Crippen LogP contribution < -0.4 is 10.7 Å². The molecule has 2 aromatic carbocycles. The van der Waals surface area contributed by atoms with Crippen molar-refractivity contribution >= 4 is 16.9 Å². The van der Waals surface area contributed by atoms with Crippen molar-refractivity contribution in [2.45, 2.75) is 24.7 Å². The van der Waals surface area contributed by atoms with Crippen molar-refractivity contribution in [2.24, 2.45) is 5.92 Å². The lowest BCUT2D eigenvalue weighted by Crippen LogP contribution is -2.39. The zero-order valence-electron chi connectivity index (χ0n) is 20.5. The summed E-state index contributed by atoms with van der Waals surface area (Å²) in [6.07, 6.45) is -4.86. The molecule has 0 radical (unpaired) electrons. The summed E-state index contributed by atoms with van der Waals surface area (Å²) in [5.41, 5.74) is 2.45. The van der Waals surface area contributed by atoms with Crippen LogP contribution in [-0.4, -0.2) is 39.5 Å². The maximum atomic E-state index is 13.4. The van der Waals surface area contributed by atoms with Gasteiger partial charge < -0.3 is 15.0 Å². The largest absolute Gasteiger partial charge is 0.513 e. The van der Waals surface area contributed by atoms with Gasteiger partial charge in [-0.2, -0.15) is 13.2 Å². The number of allylic oxidation sites excluding steroid dienone is 1. The molecule has 3 atom stereocenters. The van der Waals surface area contributed by atoms with Crippen LogP contribution >= 0.6 is 0 Å². The number of nitrogens with zero attached hydrogens (tertiary/aromatic N) is 2. The molecule has 1 fully saturated rings. The van der Waals surface area contributed by atoms with Gasteiger partial charge in [0.15, 0.2) is 0 Å². The van der Waals surface area contributed by atoms with Crippen molar-refractivity contribution in [3.63, 3.8) is 0 Å². The number of carbonyl (C=O) groups excluding carboxylic acids is 1. The van der Waals surface area contributed by atoms with Gasteiger partial charge in [-0.15, -0.1) is 0 Å². The molecule has 2 aromatic heterocycles. The van der Waals surface area contributed by atoms with Crippen LogP contribution in [-0.2, 0) is 0 Å². The third kappa shape index (κ3) is 5.27.